The maximum absolute atomic E-state index is 13.0. The van der Waals surface area contributed by atoms with Crippen molar-refractivity contribution in [1.29, 1.82) is 0 Å². The molecule has 9 heteroatoms. The first-order chi connectivity index (χ1) is 13.6. The van der Waals surface area contributed by atoms with Gasteiger partial charge in [-0.05, 0) is 61.9 Å². The summed E-state index contributed by atoms with van der Waals surface area (Å²) in [5, 5.41) is 1.21. The van der Waals surface area contributed by atoms with Crippen LogP contribution in [0.3, 0.4) is 0 Å². The van der Waals surface area contributed by atoms with E-state index >= 15 is 0 Å². The van der Waals surface area contributed by atoms with E-state index in [1.165, 1.54) is 41.6 Å². The van der Waals surface area contributed by atoms with E-state index in [4.69, 9.17) is 24.0 Å². The van der Waals surface area contributed by atoms with Crippen LogP contribution in [0, 0.1) is 25.6 Å². The number of hydrogen-bond donors (Lipinski definition) is 3. The maximum Gasteiger partial charge on any atom is 0.466 e. The molecule has 0 spiro atoms. The SMILES string of the molecule is Cc1c(C)n(CC2CC2)c2c(OCc3ccc(F)cc3)nccc12.O=P(O)(O)O. The van der Waals surface area contributed by atoms with Crippen molar-refractivity contribution in [3.8, 4) is 5.88 Å². The van der Waals surface area contributed by atoms with E-state index in [0.29, 0.717) is 12.5 Å². The third kappa shape index (κ3) is 5.87. The highest BCUT2D eigenvalue weighted by Gasteiger charge is 2.25. The molecule has 1 fully saturated rings. The van der Waals surface area contributed by atoms with E-state index in [0.717, 1.165) is 23.5 Å². The summed E-state index contributed by atoms with van der Waals surface area (Å²) in [4.78, 5) is 26.0. The number of rotatable bonds is 5. The smallest absolute Gasteiger partial charge is 0.466 e. The van der Waals surface area contributed by atoms with E-state index in [9.17, 15) is 4.39 Å². The summed E-state index contributed by atoms with van der Waals surface area (Å²) in [6.07, 6.45) is 4.42. The molecule has 29 heavy (non-hydrogen) atoms. The van der Waals surface area contributed by atoms with Crippen molar-refractivity contribution >= 4 is 18.7 Å². The van der Waals surface area contributed by atoms with E-state index in [2.05, 4.69) is 29.5 Å². The molecule has 1 aliphatic rings. The predicted octanol–water partition coefficient (Wildman–Crippen LogP) is 3.85. The van der Waals surface area contributed by atoms with Crippen LogP contribution in [0.4, 0.5) is 4.39 Å². The molecule has 7 nitrogen and oxygen atoms in total. The maximum atomic E-state index is 13.0. The van der Waals surface area contributed by atoms with Gasteiger partial charge in [0.05, 0.1) is 0 Å². The molecule has 0 amide bonds. The van der Waals surface area contributed by atoms with Gasteiger partial charge in [0.2, 0.25) is 5.88 Å². The molecule has 0 radical (unpaired) electrons. The second-order valence-electron chi connectivity index (χ2n) is 7.21. The normalized spacial score (nSPS) is 13.9. The van der Waals surface area contributed by atoms with Gasteiger partial charge < -0.3 is 24.0 Å². The molecule has 0 aliphatic heterocycles. The molecule has 0 atom stereocenters. The topological polar surface area (TPSA) is 105 Å². The van der Waals surface area contributed by atoms with Crippen LogP contribution in [-0.2, 0) is 17.7 Å². The Labute approximate surface area is 168 Å². The quantitative estimate of drug-likeness (QED) is 0.540. The summed E-state index contributed by atoms with van der Waals surface area (Å²) >= 11 is 0. The zero-order valence-electron chi connectivity index (χ0n) is 16.2. The van der Waals surface area contributed by atoms with Crippen molar-refractivity contribution in [2.75, 3.05) is 0 Å². The van der Waals surface area contributed by atoms with E-state index < -0.39 is 7.82 Å². The lowest BCUT2D eigenvalue weighted by Gasteiger charge is -2.11. The predicted molar refractivity (Wildman–Crippen MR) is 107 cm³/mol. The molecular weight excluding hydrogens is 398 g/mol. The Balaban J connectivity index is 0.000000431. The van der Waals surface area contributed by atoms with Crippen LogP contribution in [0.5, 0.6) is 5.88 Å². The molecule has 3 N–H and O–H groups in total. The number of ether oxygens (including phenoxy) is 1. The minimum atomic E-state index is -4.64. The zero-order valence-corrected chi connectivity index (χ0v) is 17.1. The highest BCUT2D eigenvalue weighted by molar-refractivity contribution is 7.45. The molecular formula is C20H24FN2O5P. The first kappa shape index (κ1) is 21.5. The van der Waals surface area contributed by atoms with Crippen molar-refractivity contribution in [2.45, 2.75) is 39.8 Å². The molecule has 0 bridgehead atoms. The summed E-state index contributed by atoms with van der Waals surface area (Å²) in [5.41, 5.74) is 4.60. The molecule has 2 aromatic heterocycles. The molecule has 156 valence electrons. The number of hydrogen-bond acceptors (Lipinski definition) is 3. The Bertz CT molecular complexity index is 1030. The molecule has 1 aromatic carbocycles. The molecule has 1 saturated carbocycles. The Morgan fingerprint density at radius 1 is 1.17 bits per heavy atom. The van der Waals surface area contributed by atoms with E-state index in [-0.39, 0.29) is 5.82 Å². The van der Waals surface area contributed by atoms with Crippen molar-refractivity contribution in [3.05, 3.63) is 59.2 Å². The van der Waals surface area contributed by atoms with Gasteiger partial charge in [0, 0.05) is 23.8 Å². The van der Waals surface area contributed by atoms with Crippen LogP contribution in [-0.4, -0.2) is 24.2 Å². The van der Waals surface area contributed by atoms with Crippen molar-refractivity contribution in [2.24, 2.45) is 5.92 Å². The fraction of sp³-hybridized carbons (Fsp3) is 0.350. The summed E-state index contributed by atoms with van der Waals surface area (Å²) < 4.78 is 30.3. The van der Waals surface area contributed by atoms with E-state index in [1.54, 1.807) is 18.3 Å². The van der Waals surface area contributed by atoms with Crippen LogP contribution < -0.4 is 4.74 Å². The fourth-order valence-electron chi connectivity index (χ4n) is 3.19. The lowest BCUT2D eigenvalue weighted by Crippen LogP contribution is -2.05. The Hall–Kier alpha value is -2.25. The standard InChI is InChI=1S/C20H21FN2O.H3O4P/c1-13-14(2)23(11-15-3-4-15)19-18(13)9-10-22-20(19)24-12-16-5-7-17(21)8-6-16;1-5(2,3)4/h5-10,15H,3-4,11-12H2,1-2H3;(H3,1,2,3,4). The zero-order chi connectivity index (χ0) is 21.2. The number of nitrogens with zero attached hydrogens (tertiary/aromatic N) is 2. The van der Waals surface area contributed by atoms with Gasteiger partial charge in [-0.15, -0.1) is 0 Å². The van der Waals surface area contributed by atoms with Gasteiger partial charge in [-0.3, -0.25) is 0 Å². The molecule has 3 aromatic rings. The second kappa shape index (κ2) is 8.63. The third-order valence-corrected chi connectivity index (χ3v) is 4.94. The van der Waals surface area contributed by atoms with Crippen LogP contribution in [0.15, 0.2) is 36.5 Å². The summed E-state index contributed by atoms with van der Waals surface area (Å²) in [6.45, 7) is 5.75. The largest absolute Gasteiger partial charge is 0.471 e. The third-order valence-electron chi connectivity index (χ3n) is 4.94. The number of fused-ring (bicyclic) bond motifs is 1. The van der Waals surface area contributed by atoms with Crippen LogP contribution in [0.2, 0.25) is 0 Å². The summed E-state index contributed by atoms with van der Waals surface area (Å²) in [7, 11) is -4.64. The van der Waals surface area contributed by atoms with Crippen molar-refractivity contribution in [1.82, 2.24) is 9.55 Å². The first-order valence-electron chi connectivity index (χ1n) is 9.23. The molecule has 0 unspecified atom stereocenters. The van der Waals surface area contributed by atoms with Crippen molar-refractivity contribution < 1.29 is 28.4 Å². The average molecular weight is 422 g/mol. The van der Waals surface area contributed by atoms with E-state index in [1.807, 2.05) is 0 Å². The Morgan fingerprint density at radius 3 is 2.38 bits per heavy atom. The molecule has 0 saturated heterocycles. The number of halogens is 1. The lowest BCUT2D eigenvalue weighted by molar-refractivity contribution is 0.275. The summed E-state index contributed by atoms with van der Waals surface area (Å²) in [6, 6.07) is 8.46. The van der Waals surface area contributed by atoms with Crippen LogP contribution in [0.25, 0.3) is 10.9 Å². The minimum absolute atomic E-state index is 0.233. The van der Waals surface area contributed by atoms with Crippen LogP contribution >= 0.6 is 7.82 Å². The molecule has 2 heterocycles. The Kier molecular flexibility index (Phi) is 6.39. The van der Waals surface area contributed by atoms with Gasteiger partial charge in [0.25, 0.3) is 0 Å². The number of aryl methyl sites for hydroxylation is 1. The first-order valence-corrected chi connectivity index (χ1v) is 10.8. The van der Waals surface area contributed by atoms with Crippen molar-refractivity contribution in [3.63, 3.8) is 0 Å². The fourth-order valence-corrected chi connectivity index (χ4v) is 3.19. The van der Waals surface area contributed by atoms with Crippen LogP contribution in [0.1, 0.15) is 29.7 Å². The molecule has 1 aliphatic carbocycles. The lowest BCUT2D eigenvalue weighted by atomic mass is 10.2. The van der Waals surface area contributed by atoms with Gasteiger partial charge in [-0.25, -0.2) is 13.9 Å². The van der Waals surface area contributed by atoms with Gasteiger partial charge >= 0.3 is 7.82 Å². The van der Waals surface area contributed by atoms with Gasteiger partial charge in [0.15, 0.2) is 0 Å². The minimum Gasteiger partial charge on any atom is -0.471 e. The van der Waals surface area contributed by atoms with Gasteiger partial charge in [0.1, 0.15) is 17.9 Å². The molecule has 4 rings (SSSR count). The highest BCUT2D eigenvalue weighted by Crippen LogP contribution is 2.36. The van der Waals surface area contributed by atoms with Gasteiger partial charge in [-0.2, -0.15) is 0 Å². The van der Waals surface area contributed by atoms with Gasteiger partial charge in [-0.1, -0.05) is 12.1 Å². The second-order valence-corrected chi connectivity index (χ2v) is 8.23. The monoisotopic (exact) mass is 422 g/mol. The highest BCUT2D eigenvalue weighted by atomic mass is 31.2. The number of pyridine rings is 1. The number of aromatic nitrogens is 2. The Morgan fingerprint density at radius 2 is 1.79 bits per heavy atom. The number of phosphoric acid groups is 1. The number of benzene rings is 1. The average Bonchev–Trinajstić information content (AvgIpc) is 3.43. The summed E-state index contributed by atoms with van der Waals surface area (Å²) in [5.74, 6) is 1.21.